The lowest BCUT2D eigenvalue weighted by Crippen LogP contribution is -2.30. The lowest BCUT2D eigenvalue weighted by atomic mass is 9.68. The molecule has 2 bridgehead atoms. The lowest BCUT2D eigenvalue weighted by Gasteiger charge is -2.34. The van der Waals surface area contributed by atoms with Crippen molar-refractivity contribution in [2.24, 2.45) is 0 Å². The van der Waals surface area contributed by atoms with E-state index >= 15 is 0 Å². The molecule has 0 N–H and O–H groups in total. The van der Waals surface area contributed by atoms with Crippen LogP contribution in [0.15, 0.2) is 128 Å². The molecule has 0 saturated heterocycles. The zero-order chi connectivity index (χ0) is 40.1. The molecule has 5 aromatic carbocycles. The highest BCUT2D eigenvalue weighted by Crippen LogP contribution is 2.57. The first-order chi connectivity index (χ1) is 27.8. The van der Waals surface area contributed by atoms with Gasteiger partial charge in [0.15, 0.2) is 0 Å². The van der Waals surface area contributed by atoms with Crippen molar-refractivity contribution in [3.05, 3.63) is 184 Å². The molecule has 0 unspecified atom stereocenters. The zero-order valence-electron chi connectivity index (χ0n) is 35.2. The van der Waals surface area contributed by atoms with Gasteiger partial charge in [0.05, 0.1) is 22.5 Å². The summed E-state index contributed by atoms with van der Waals surface area (Å²) in [5, 5.41) is 5.23. The van der Waals surface area contributed by atoms with Gasteiger partial charge >= 0.3 is 0 Å². The number of aromatic nitrogens is 3. The molecule has 1 fully saturated rings. The molecular weight excluding hydrogens is 707 g/mol. The Bertz CT molecular complexity index is 2630. The molecule has 0 radical (unpaired) electrons. The molecule has 7 aromatic rings. The third-order valence-electron chi connectivity index (χ3n) is 13.4. The van der Waals surface area contributed by atoms with Crippen molar-refractivity contribution in [3.8, 4) is 39.4 Å². The van der Waals surface area contributed by atoms with Gasteiger partial charge < -0.3 is 4.74 Å². The molecule has 2 heterocycles. The Morgan fingerprint density at radius 1 is 0.655 bits per heavy atom. The van der Waals surface area contributed by atoms with Crippen LogP contribution in [0.2, 0.25) is 0 Å². The zero-order valence-corrected chi connectivity index (χ0v) is 35.2. The molecule has 290 valence electrons. The van der Waals surface area contributed by atoms with Crippen LogP contribution in [0.1, 0.15) is 129 Å². The summed E-state index contributed by atoms with van der Waals surface area (Å²) in [6.07, 6.45) is 8.02. The van der Waals surface area contributed by atoms with Crippen LogP contribution in [0.5, 0.6) is 11.5 Å². The summed E-state index contributed by atoms with van der Waals surface area (Å²) in [5.74, 6) is 2.81. The number of ether oxygens (including phenoxy) is 1. The van der Waals surface area contributed by atoms with Gasteiger partial charge in [-0.2, -0.15) is 5.10 Å². The highest BCUT2D eigenvalue weighted by atomic mass is 16.5. The van der Waals surface area contributed by atoms with Crippen LogP contribution in [-0.2, 0) is 16.2 Å². The number of fused-ring (bicyclic) bond motifs is 8. The number of hydrogen-bond acceptors (Lipinski definition) is 3. The van der Waals surface area contributed by atoms with Crippen LogP contribution in [0.25, 0.3) is 27.9 Å². The minimum absolute atomic E-state index is 0.0341. The Labute approximate surface area is 344 Å². The van der Waals surface area contributed by atoms with Gasteiger partial charge in [-0.25, -0.2) is 4.68 Å². The Hall–Kier alpha value is -5.74. The molecule has 0 spiro atoms. The number of benzene rings is 5. The second-order valence-electron chi connectivity index (χ2n) is 19.2. The predicted octanol–water partition coefficient (Wildman–Crippen LogP) is 13.7. The van der Waals surface area contributed by atoms with Crippen molar-refractivity contribution in [3.63, 3.8) is 0 Å². The fourth-order valence-electron chi connectivity index (χ4n) is 10.4. The summed E-state index contributed by atoms with van der Waals surface area (Å²) in [5.41, 5.74) is 17.6. The third-order valence-corrected chi connectivity index (χ3v) is 13.4. The van der Waals surface area contributed by atoms with Gasteiger partial charge in [-0.05, 0) is 153 Å². The molecule has 0 aliphatic heterocycles. The second-order valence-corrected chi connectivity index (χ2v) is 19.2. The van der Waals surface area contributed by atoms with E-state index < -0.39 is 5.41 Å². The van der Waals surface area contributed by atoms with E-state index in [0.29, 0.717) is 11.8 Å². The maximum absolute atomic E-state index is 7.07. The van der Waals surface area contributed by atoms with Crippen LogP contribution in [-0.4, -0.2) is 14.8 Å². The van der Waals surface area contributed by atoms with Gasteiger partial charge in [0.2, 0.25) is 0 Å². The Morgan fingerprint density at radius 3 is 1.97 bits per heavy atom. The fourth-order valence-corrected chi connectivity index (χ4v) is 10.4. The minimum Gasteiger partial charge on any atom is -0.457 e. The SMILES string of the molecule is Cc1cccc(C)c1-c1cc(Oc2cccc(C3(c4ccccn4)c4cc(C(C)(C)C)ccc4-c4ccc(C(C)(C)C)cc43)c2)cc(-n2cc3c(n2)[C@@H]2CC[C@H]3C2)c1. The van der Waals surface area contributed by atoms with E-state index in [9.17, 15) is 0 Å². The topological polar surface area (TPSA) is 39.9 Å². The van der Waals surface area contributed by atoms with Gasteiger partial charge in [0.1, 0.15) is 11.5 Å². The van der Waals surface area contributed by atoms with Gasteiger partial charge in [0.25, 0.3) is 0 Å². The number of nitrogens with zero attached hydrogens (tertiary/aromatic N) is 3. The molecule has 3 aliphatic rings. The Balaban J connectivity index is 1.16. The summed E-state index contributed by atoms with van der Waals surface area (Å²) in [6, 6.07) is 42.5. The normalized spacial score (nSPS) is 17.6. The highest BCUT2D eigenvalue weighted by molar-refractivity contribution is 5.87. The van der Waals surface area contributed by atoms with Gasteiger partial charge in [-0.15, -0.1) is 0 Å². The first kappa shape index (κ1) is 36.6. The van der Waals surface area contributed by atoms with Gasteiger partial charge in [0, 0.05) is 24.4 Å². The molecular formula is C54H53N3O. The van der Waals surface area contributed by atoms with Crippen molar-refractivity contribution < 1.29 is 4.74 Å². The molecule has 58 heavy (non-hydrogen) atoms. The van der Waals surface area contributed by atoms with Crippen LogP contribution >= 0.6 is 0 Å². The van der Waals surface area contributed by atoms with Crippen LogP contribution in [0.4, 0.5) is 0 Å². The molecule has 3 aliphatic carbocycles. The summed E-state index contributed by atoms with van der Waals surface area (Å²) in [6.45, 7) is 18.2. The van der Waals surface area contributed by atoms with E-state index in [4.69, 9.17) is 14.8 Å². The average molecular weight is 760 g/mol. The molecule has 4 heteroatoms. The van der Waals surface area contributed by atoms with Crippen molar-refractivity contribution in [1.29, 1.82) is 0 Å². The maximum atomic E-state index is 7.07. The van der Waals surface area contributed by atoms with E-state index in [-0.39, 0.29) is 10.8 Å². The van der Waals surface area contributed by atoms with Crippen molar-refractivity contribution >= 4 is 0 Å². The first-order valence-corrected chi connectivity index (χ1v) is 21.1. The van der Waals surface area contributed by atoms with Crippen LogP contribution < -0.4 is 4.74 Å². The van der Waals surface area contributed by atoms with Crippen molar-refractivity contribution in [2.45, 2.75) is 103 Å². The fraction of sp³-hybridized carbons (Fsp3) is 0.296. The van der Waals surface area contributed by atoms with Gasteiger partial charge in [-0.3, -0.25) is 4.98 Å². The number of rotatable bonds is 6. The smallest absolute Gasteiger partial charge is 0.130 e. The molecule has 1 saturated carbocycles. The van der Waals surface area contributed by atoms with Gasteiger partial charge in [-0.1, -0.05) is 114 Å². The minimum atomic E-state index is -0.673. The standard InChI is InChI=1S/C54H53N3O/c1-33-13-11-14-34(2)50(33)37-26-41(57-32-46-35-18-19-36(25-35)51(46)56-57)31-43(27-37)58-42-16-12-15-40(28-42)54(49-17-9-10-24-55-49)47-29-38(52(3,4)5)20-22-44(47)45-23-21-39(30-48(45)54)53(6,7)8/h9-17,20-24,26-32,35-36H,18-19,25H2,1-8H3/t35-,36+/m0/s1. The van der Waals surface area contributed by atoms with Crippen molar-refractivity contribution in [2.75, 3.05) is 0 Å². The van der Waals surface area contributed by atoms with Crippen molar-refractivity contribution in [1.82, 2.24) is 14.8 Å². The van der Waals surface area contributed by atoms with Crippen LogP contribution in [0, 0.1) is 13.8 Å². The summed E-state index contributed by atoms with van der Waals surface area (Å²) in [4.78, 5) is 5.20. The third kappa shape index (κ3) is 5.78. The number of hydrogen-bond donors (Lipinski definition) is 0. The van der Waals surface area contributed by atoms with E-state index in [1.807, 2.05) is 12.3 Å². The maximum Gasteiger partial charge on any atom is 0.130 e. The number of aryl methyl sites for hydroxylation is 2. The predicted molar refractivity (Wildman–Crippen MR) is 237 cm³/mol. The number of pyridine rings is 1. The summed E-state index contributed by atoms with van der Waals surface area (Å²) >= 11 is 0. The quantitative estimate of drug-likeness (QED) is 0.169. The lowest BCUT2D eigenvalue weighted by molar-refractivity contribution is 0.480. The Morgan fingerprint density at radius 2 is 1.33 bits per heavy atom. The summed E-state index contributed by atoms with van der Waals surface area (Å²) in [7, 11) is 0. The Kier molecular flexibility index (Phi) is 8.29. The molecule has 10 rings (SSSR count). The molecule has 2 aromatic heterocycles. The van der Waals surface area contributed by atoms with Crippen LogP contribution in [0.3, 0.4) is 0 Å². The van der Waals surface area contributed by atoms with E-state index in [1.54, 1.807) is 0 Å². The molecule has 0 amide bonds. The highest BCUT2D eigenvalue weighted by Gasteiger charge is 2.48. The second kappa shape index (κ2) is 13.1. The average Bonchev–Trinajstić information content (AvgIpc) is 3.98. The van der Waals surface area contributed by atoms with E-state index in [0.717, 1.165) is 34.0 Å². The largest absolute Gasteiger partial charge is 0.457 e. The van der Waals surface area contributed by atoms with E-state index in [2.05, 4.69) is 175 Å². The first-order valence-electron chi connectivity index (χ1n) is 21.1. The molecule has 4 nitrogen and oxygen atoms in total. The van der Waals surface area contributed by atoms with E-state index in [1.165, 1.54) is 80.6 Å². The molecule has 2 atom stereocenters. The monoisotopic (exact) mass is 759 g/mol. The summed E-state index contributed by atoms with van der Waals surface area (Å²) < 4.78 is 9.17.